The predicted octanol–water partition coefficient (Wildman–Crippen LogP) is 3.20. The summed E-state index contributed by atoms with van der Waals surface area (Å²) in [7, 11) is 1.68. The number of hydrogen-bond acceptors (Lipinski definition) is 4. The molecule has 0 saturated carbocycles. The van der Waals surface area contributed by atoms with Gasteiger partial charge in [0.1, 0.15) is 0 Å². The van der Waals surface area contributed by atoms with Gasteiger partial charge in [-0.15, -0.1) is 0 Å². The number of thioether (sulfide) groups is 1. The number of ether oxygens (including phenoxy) is 2. The molecular formula is C16H25NO2S. The molecule has 1 N–H and O–H groups in total. The topological polar surface area (TPSA) is 30.5 Å². The lowest BCUT2D eigenvalue weighted by molar-refractivity contribution is 0.257. The number of para-hydroxylation sites is 2. The van der Waals surface area contributed by atoms with Crippen molar-refractivity contribution in [3.63, 3.8) is 0 Å². The van der Waals surface area contributed by atoms with Crippen LogP contribution in [0.15, 0.2) is 24.3 Å². The van der Waals surface area contributed by atoms with E-state index in [9.17, 15) is 0 Å². The summed E-state index contributed by atoms with van der Waals surface area (Å²) in [5, 5.41) is 3.65. The smallest absolute Gasteiger partial charge is 0.161 e. The molecule has 0 spiro atoms. The zero-order chi connectivity index (χ0) is 14.2. The Kier molecular flexibility index (Phi) is 6.54. The van der Waals surface area contributed by atoms with Crippen molar-refractivity contribution in [3.05, 3.63) is 24.3 Å². The van der Waals surface area contributed by atoms with Gasteiger partial charge in [0.05, 0.1) is 13.7 Å². The van der Waals surface area contributed by atoms with Gasteiger partial charge >= 0.3 is 0 Å². The molecule has 0 radical (unpaired) electrons. The molecule has 1 saturated heterocycles. The third kappa shape index (κ3) is 4.32. The fraction of sp³-hybridized carbons (Fsp3) is 0.625. The Balaban J connectivity index is 1.77. The van der Waals surface area contributed by atoms with Gasteiger partial charge in [0.2, 0.25) is 0 Å². The average molecular weight is 295 g/mol. The summed E-state index contributed by atoms with van der Waals surface area (Å²) in [5.74, 6) is 4.87. The van der Waals surface area contributed by atoms with Crippen LogP contribution >= 0.6 is 11.8 Å². The van der Waals surface area contributed by atoms with Gasteiger partial charge in [-0.1, -0.05) is 19.1 Å². The van der Waals surface area contributed by atoms with Crippen molar-refractivity contribution in [1.29, 1.82) is 0 Å². The van der Waals surface area contributed by atoms with Crippen molar-refractivity contribution < 1.29 is 9.47 Å². The van der Waals surface area contributed by atoms with Crippen LogP contribution in [0.25, 0.3) is 0 Å². The lowest BCUT2D eigenvalue weighted by atomic mass is 10.0. The molecule has 1 aromatic carbocycles. The normalized spacial score (nSPS) is 21.9. The van der Waals surface area contributed by atoms with E-state index in [4.69, 9.17) is 9.47 Å². The van der Waals surface area contributed by atoms with E-state index in [1.54, 1.807) is 7.11 Å². The monoisotopic (exact) mass is 295 g/mol. The van der Waals surface area contributed by atoms with Gasteiger partial charge in [-0.05, 0) is 43.2 Å². The standard InChI is InChI=1S/C16H25NO2S/c1-3-9-17-14-12-20-11-13(14)8-10-19-16-7-5-4-6-15(16)18-2/h4-7,13-14,17H,3,8-12H2,1-2H3. The van der Waals surface area contributed by atoms with Crippen LogP contribution in [0, 0.1) is 5.92 Å². The molecule has 2 rings (SSSR count). The van der Waals surface area contributed by atoms with Crippen LogP contribution in [-0.4, -0.2) is 37.8 Å². The predicted molar refractivity (Wildman–Crippen MR) is 86.0 cm³/mol. The lowest BCUT2D eigenvalue weighted by Gasteiger charge is -2.20. The van der Waals surface area contributed by atoms with E-state index < -0.39 is 0 Å². The maximum absolute atomic E-state index is 5.88. The number of benzene rings is 1. The Morgan fingerprint density at radius 3 is 2.80 bits per heavy atom. The largest absolute Gasteiger partial charge is 0.493 e. The summed E-state index contributed by atoms with van der Waals surface area (Å²) in [6, 6.07) is 8.50. The van der Waals surface area contributed by atoms with Crippen LogP contribution in [0.4, 0.5) is 0 Å². The number of hydrogen-bond donors (Lipinski definition) is 1. The minimum Gasteiger partial charge on any atom is -0.493 e. The van der Waals surface area contributed by atoms with E-state index in [2.05, 4.69) is 24.0 Å². The van der Waals surface area contributed by atoms with Crippen LogP contribution in [0.2, 0.25) is 0 Å². The quantitative estimate of drug-likeness (QED) is 0.798. The lowest BCUT2D eigenvalue weighted by Crippen LogP contribution is -2.36. The SMILES string of the molecule is CCCNC1CSCC1CCOc1ccccc1OC. The first kappa shape index (κ1) is 15.5. The molecule has 3 nitrogen and oxygen atoms in total. The third-order valence-corrected chi connectivity index (χ3v) is 4.93. The maximum Gasteiger partial charge on any atom is 0.161 e. The molecular weight excluding hydrogens is 270 g/mol. The molecule has 20 heavy (non-hydrogen) atoms. The zero-order valence-electron chi connectivity index (χ0n) is 12.4. The van der Waals surface area contributed by atoms with Crippen LogP contribution in [0.3, 0.4) is 0 Å². The highest BCUT2D eigenvalue weighted by Gasteiger charge is 2.26. The second kappa shape index (κ2) is 8.42. The first-order chi connectivity index (χ1) is 9.85. The van der Waals surface area contributed by atoms with E-state index in [0.717, 1.165) is 37.0 Å². The van der Waals surface area contributed by atoms with E-state index in [0.29, 0.717) is 6.04 Å². The Morgan fingerprint density at radius 1 is 1.25 bits per heavy atom. The maximum atomic E-state index is 5.88. The molecule has 0 aromatic heterocycles. The van der Waals surface area contributed by atoms with Gasteiger partial charge in [0.15, 0.2) is 11.5 Å². The van der Waals surface area contributed by atoms with E-state index in [1.165, 1.54) is 17.9 Å². The molecule has 2 unspecified atom stereocenters. The second-order valence-corrected chi connectivity index (χ2v) is 6.22. The summed E-state index contributed by atoms with van der Waals surface area (Å²) in [4.78, 5) is 0. The summed E-state index contributed by atoms with van der Waals surface area (Å²) >= 11 is 2.05. The summed E-state index contributed by atoms with van der Waals surface area (Å²) in [6.45, 7) is 4.10. The Labute approximate surface area is 126 Å². The van der Waals surface area contributed by atoms with Crippen molar-refractivity contribution in [2.75, 3.05) is 31.8 Å². The highest BCUT2D eigenvalue weighted by molar-refractivity contribution is 7.99. The summed E-state index contributed by atoms with van der Waals surface area (Å²) in [6.07, 6.45) is 2.30. The van der Waals surface area contributed by atoms with Gasteiger partial charge in [-0.25, -0.2) is 0 Å². The molecule has 112 valence electrons. The van der Waals surface area contributed by atoms with Crippen molar-refractivity contribution in [3.8, 4) is 11.5 Å². The first-order valence-electron chi connectivity index (χ1n) is 7.42. The van der Waals surface area contributed by atoms with Crippen molar-refractivity contribution in [2.24, 2.45) is 5.92 Å². The second-order valence-electron chi connectivity index (χ2n) is 5.15. The Bertz CT molecular complexity index is 400. The van der Waals surface area contributed by atoms with E-state index in [-0.39, 0.29) is 0 Å². The number of rotatable bonds is 8. The van der Waals surface area contributed by atoms with Crippen molar-refractivity contribution in [2.45, 2.75) is 25.8 Å². The average Bonchev–Trinajstić information content (AvgIpc) is 2.93. The van der Waals surface area contributed by atoms with E-state index in [1.807, 2.05) is 24.3 Å². The Morgan fingerprint density at radius 2 is 2.05 bits per heavy atom. The van der Waals surface area contributed by atoms with Gasteiger partial charge in [0, 0.05) is 11.8 Å². The molecule has 1 heterocycles. The third-order valence-electron chi connectivity index (χ3n) is 3.67. The fourth-order valence-corrected chi connectivity index (χ4v) is 3.98. The van der Waals surface area contributed by atoms with Gasteiger partial charge in [0.25, 0.3) is 0 Å². The highest BCUT2D eigenvalue weighted by Crippen LogP contribution is 2.29. The van der Waals surface area contributed by atoms with Crippen LogP contribution < -0.4 is 14.8 Å². The summed E-state index contributed by atoms with van der Waals surface area (Å²) in [5.41, 5.74) is 0. The number of methoxy groups -OCH3 is 1. The van der Waals surface area contributed by atoms with Crippen LogP contribution in [-0.2, 0) is 0 Å². The van der Waals surface area contributed by atoms with Crippen LogP contribution in [0.1, 0.15) is 19.8 Å². The first-order valence-corrected chi connectivity index (χ1v) is 8.57. The van der Waals surface area contributed by atoms with Gasteiger partial charge < -0.3 is 14.8 Å². The molecule has 0 bridgehead atoms. The minimum absolute atomic E-state index is 0.654. The number of nitrogens with one attached hydrogen (secondary N) is 1. The molecule has 2 atom stereocenters. The van der Waals surface area contributed by atoms with Crippen LogP contribution in [0.5, 0.6) is 11.5 Å². The van der Waals surface area contributed by atoms with Crippen molar-refractivity contribution in [1.82, 2.24) is 5.32 Å². The van der Waals surface area contributed by atoms with Gasteiger partial charge in [-0.2, -0.15) is 11.8 Å². The minimum atomic E-state index is 0.654. The highest BCUT2D eigenvalue weighted by atomic mass is 32.2. The molecule has 1 aliphatic heterocycles. The van der Waals surface area contributed by atoms with Gasteiger partial charge in [-0.3, -0.25) is 0 Å². The molecule has 4 heteroatoms. The fourth-order valence-electron chi connectivity index (χ4n) is 2.50. The summed E-state index contributed by atoms with van der Waals surface area (Å²) < 4.78 is 11.2. The van der Waals surface area contributed by atoms with Crippen molar-refractivity contribution >= 4 is 11.8 Å². The molecule has 1 aromatic rings. The molecule has 1 aliphatic rings. The molecule has 0 amide bonds. The molecule has 0 aliphatic carbocycles. The zero-order valence-corrected chi connectivity index (χ0v) is 13.2. The molecule has 1 fully saturated rings. The Hall–Kier alpha value is -0.870. The van der Waals surface area contributed by atoms with E-state index >= 15 is 0 Å².